The first-order valence-electron chi connectivity index (χ1n) is 7.60. The molecule has 2 N–H and O–H groups in total. The first-order chi connectivity index (χ1) is 11.2. The zero-order valence-corrected chi connectivity index (χ0v) is 13.3. The largest absolute Gasteiger partial charge is 0.497 e. The molecule has 1 aliphatic rings. The van der Waals surface area contributed by atoms with Gasteiger partial charge in [-0.15, -0.1) is 0 Å². The minimum absolute atomic E-state index is 0.628. The molecule has 0 saturated carbocycles. The number of nitrogens with one attached hydrogen (secondary N) is 2. The second kappa shape index (κ2) is 6.45. The van der Waals surface area contributed by atoms with Crippen LogP contribution < -0.4 is 15.4 Å². The fourth-order valence-electron chi connectivity index (χ4n) is 2.84. The smallest absolute Gasteiger partial charge is 0.120 e. The van der Waals surface area contributed by atoms with Crippen LogP contribution in [0.2, 0.25) is 0 Å². The average Bonchev–Trinajstić information content (AvgIpc) is 3.06. The van der Waals surface area contributed by atoms with E-state index in [9.17, 15) is 5.26 Å². The van der Waals surface area contributed by atoms with Gasteiger partial charge >= 0.3 is 0 Å². The molecule has 4 heteroatoms. The highest BCUT2D eigenvalue weighted by Crippen LogP contribution is 2.30. The van der Waals surface area contributed by atoms with Crippen LogP contribution in [0.15, 0.2) is 36.4 Å². The fraction of sp³-hybridized carbons (Fsp3) is 0.211. The average molecular weight is 305 g/mol. The van der Waals surface area contributed by atoms with Crippen molar-refractivity contribution in [1.82, 2.24) is 0 Å². The first kappa shape index (κ1) is 15.0. The van der Waals surface area contributed by atoms with Crippen molar-refractivity contribution in [2.75, 3.05) is 31.3 Å². The molecule has 23 heavy (non-hydrogen) atoms. The van der Waals surface area contributed by atoms with E-state index in [1.807, 2.05) is 37.4 Å². The van der Waals surface area contributed by atoms with Crippen molar-refractivity contribution >= 4 is 23.0 Å². The van der Waals surface area contributed by atoms with Gasteiger partial charge in [0.25, 0.3) is 0 Å². The quantitative estimate of drug-likeness (QED) is 0.667. The number of methoxy groups -OCH3 is 1. The number of hydrogen-bond donors (Lipinski definition) is 2. The molecule has 116 valence electrons. The minimum atomic E-state index is 0.628. The van der Waals surface area contributed by atoms with E-state index in [4.69, 9.17) is 4.74 Å². The van der Waals surface area contributed by atoms with E-state index in [0.717, 1.165) is 35.5 Å². The summed E-state index contributed by atoms with van der Waals surface area (Å²) < 4.78 is 5.24. The maximum Gasteiger partial charge on any atom is 0.120 e. The van der Waals surface area contributed by atoms with Crippen LogP contribution in [0.5, 0.6) is 5.75 Å². The van der Waals surface area contributed by atoms with E-state index >= 15 is 0 Å². The lowest BCUT2D eigenvalue weighted by Crippen LogP contribution is -1.96. The molecule has 0 aliphatic carbocycles. The molecule has 0 amide bonds. The Morgan fingerprint density at radius 1 is 1.30 bits per heavy atom. The van der Waals surface area contributed by atoms with Gasteiger partial charge in [0.1, 0.15) is 5.75 Å². The van der Waals surface area contributed by atoms with E-state index in [1.165, 1.54) is 11.3 Å². The molecule has 1 aliphatic heterocycles. The normalized spacial score (nSPS) is 13.0. The lowest BCUT2D eigenvalue weighted by atomic mass is 10.0. The van der Waals surface area contributed by atoms with Crippen LogP contribution in [0, 0.1) is 11.3 Å². The summed E-state index contributed by atoms with van der Waals surface area (Å²) in [6.07, 6.45) is 2.96. The monoisotopic (exact) mass is 305 g/mol. The van der Waals surface area contributed by atoms with Gasteiger partial charge < -0.3 is 15.4 Å². The Morgan fingerprint density at radius 3 is 2.91 bits per heavy atom. The highest BCUT2D eigenvalue weighted by molar-refractivity contribution is 5.94. The van der Waals surface area contributed by atoms with Crippen molar-refractivity contribution in [3.63, 3.8) is 0 Å². The first-order valence-corrected chi connectivity index (χ1v) is 7.60. The topological polar surface area (TPSA) is 57.1 Å². The summed E-state index contributed by atoms with van der Waals surface area (Å²) in [5, 5.41) is 16.1. The Kier molecular flexibility index (Phi) is 4.20. The molecular formula is C19H19N3O. The van der Waals surface area contributed by atoms with Crippen LogP contribution in [0.1, 0.15) is 16.7 Å². The predicted molar refractivity (Wildman–Crippen MR) is 94.7 cm³/mol. The molecule has 2 aromatic carbocycles. The Morgan fingerprint density at radius 2 is 2.17 bits per heavy atom. The van der Waals surface area contributed by atoms with Crippen LogP contribution in [-0.4, -0.2) is 20.7 Å². The van der Waals surface area contributed by atoms with E-state index in [2.05, 4.69) is 28.8 Å². The summed E-state index contributed by atoms with van der Waals surface area (Å²) in [6.45, 7) is 0.982. The van der Waals surface area contributed by atoms with E-state index < -0.39 is 0 Å². The standard InChI is InChI=1S/C19H19N3O/c1-21-19-11-16(23-2)4-5-17(19)15(12-20)10-13-3-6-18-14(9-13)7-8-22-18/h3-6,9-11,21-22H,7-8H2,1-2H3/b15-10+. The van der Waals surface area contributed by atoms with E-state index in [-0.39, 0.29) is 0 Å². The van der Waals surface area contributed by atoms with Gasteiger partial charge in [-0.25, -0.2) is 0 Å². The second-order valence-corrected chi connectivity index (χ2v) is 5.42. The SMILES string of the molecule is CNc1cc(OC)ccc1/C(C#N)=C/c1ccc2c(c1)CCN2. The van der Waals surface area contributed by atoms with E-state index in [1.54, 1.807) is 7.11 Å². The van der Waals surface area contributed by atoms with Crippen molar-refractivity contribution in [3.8, 4) is 11.8 Å². The number of anilines is 2. The Balaban J connectivity index is 2.01. The molecule has 1 heterocycles. The molecule has 0 radical (unpaired) electrons. The molecule has 0 unspecified atom stereocenters. The predicted octanol–water partition coefficient (Wildman–Crippen LogP) is 3.77. The summed E-state index contributed by atoms with van der Waals surface area (Å²) in [5.74, 6) is 0.763. The van der Waals surface area contributed by atoms with Crippen molar-refractivity contribution in [3.05, 3.63) is 53.1 Å². The molecule has 0 fully saturated rings. The second-order valence-electron chi connectivity index (χ2n) is 5.42. The summed E-state index contributed by atoms with van der Waals surface area (Å²) in [7, 11) is 3.47. The minimum Gasteiger partial charge on any atom is -0.497 e. The van der Waals surface area contributed by atoms with Crippen molar-refractivity contribution in [1.29, 1.82) is 5.26 Å². The van der Waals surface area contributed by atoms with Crippen LogP contribution in [0.25, 0.3) is 11.6 Å². The van der Waals surface area contributed by atoms with Gasteiger partial charge in [0.15, 0.2) is 0 Å². The molecule has 0 atom stereocenters. The van der Waals surface area contributed by atoms with Gasteiger partial charge in [-0.2, -0.15) is 5.26 Å². The van der Waals surface area contributed by atoms with Crippen LogP contribution >= 0.6 is 0 Å². The van der Waals surface area contributed by atoms with Gasteiger partial charge in [-0.1, -0.05) is 6.07 Å². The Hall–Kier alpha value is -2.93. The van der Waals surface area contributed by atoms with Crippen LogP contribution in [0.4, 0.5) is 11.4 Å². The fourth-order valence-corrected chi connectivity index (χ4v) is 2.84. The highest BCUT2D eigenvalue weighted by atomic mass is 16.5. The zero-order valence-electron chi connectivity index (χ0n) is 13.3. The van der Waals surface area contributed by atoms with Crippen molar-refractivity contribution < 1.29 is 4.74 Å². The molecule has 4 nitrogen and oxygen atoms in total. The van der Waals surface area contributed by atoms with Gasteiger partial charge in [0, 0.05) is 36.6 Å². The lowest BCUT2D eigenvalue weighted by Gasteiger charge is -2.10. The van der Waals surface area contributed by atoms with Gasteiger partial charge in [-0.05, 0) is 47.9 Å². The van der Waals surface area contributed by atoms with E-state index in [0.29, 0.717) is 5.57 Å². The summed E-state index contributed by atoms with van der Waals surface area (Å²) in [4.78, 5) is 0. The molecule has 3 rings (SSSR count). The third-order valence-electron chi connectivity index (χ3n) is 4.06. The van der Waals surface area contributed by atoms with Crippen LogP contribution in [-0.2, 0) is 6.42 Å². The summed E-state index contributed by atoms with van der Waals surface area (Å²) in [5.41, 5.74) is 5.92. The highest BCUT2D eigenvalue weighted by Gasteiger charge is 2.11. The van der Waals surface area contributed by atoms with Gasteiger partial charge in [0.05, 0.1) is 18.8 Å². The third kappa shape index (κ3) is 3.00. The third-order valence-corrected chi connectivity index (χ3v) is 4.06. The Labute approximate surface area is 136 Å². The lowest BCUT2D eigenvalue weighted by molar-refractivity contribution is 0.415. The molecule has 0 spiro atoms. The molecule has 0 saturated heterocycles. The number of hydrogen-bond acceptors (Lipinski definition) is 4. The summed E-state index contributed by atoms with van der Waals surface area (Å²) >= 11 is 0. The van der Waals surface area contributed by atoms with Crippen molar-refractivity contribution in [2.24, 2.45) is 0 Å². The maximum atomic E-state index is 9.59. The number of rotatable bonds is 4. The summed E-state index contributed by atoms with van der Waals surface area (Å²) in [6, 6.07) is 14.3. The number of nitrogens with zero attached hydrogens (tertiary/aromatic N) is 1. The van der Waals surface area contributed by atoms with Crippen LogP contribution in [0.3, 0.4) is 0 Å². The molecular weight excluding hydrogens is 286 g/mol. The number of ether oxygens (including phenoxy) is 1. The van der Waals surface area contributed by atoms with Crippen molar-refractivity contribution in [2.45, 2.75) is 6.42 Å². The van der Waals surface area contributed by atoms with Gasteiger partial charge in [0.2, 0.25) is 0 Å². The number of nitriles is 1. The molecule has 0 bridgehead atoms. The number of fused-ring (bicyclic) bond motifs is 1. The Bertz CT molecular complexity index is 803. The van der Waals surface area contributed by atoms with Gasteiger partial charge in [-0.3, -0.25) is 0 Å². The molecule has 0 aromatic heterocycles. The number of benzene rings is 2. The zero-order chi connectivity index (χ0) is 16.2. The maximum absolute atomic E-state index is 9.59. The number of allylic oxidation sites excluding steroid dienone is 1. The molecule has 2 aromatic rings.